The Labute approximate surface area is 127 Å². The fraction of sp³-hybridized carbons (Fsp3) is 0.286. The van der Waals surface area contributed by atoms with E-state index in [1.807, 2.05) is 13.8 Å². The Morgan fingerprint density at radius 1 is 1.48 bits per heavy atom. The summed E-state index contributed by atoms with van der Waals surface area (Å²) in [7, 11) is 1.53. The number of aromatic nitrogens is 1. The SMILES string of the molecule is COc1cc(N)ccc1NC(=O)CSc1nc(C)c(C)o1. The summed E-state index contributed by atoms with van der Waals surface area (Å²) in [5.41, 5.74) is 7.65. The van der Waals surface area contributed by atoms with E-state index in [0.717, 1.165) is 11.5 Å². The van der Waals surface area contributed by atoms with Gasteiger partial charge in [-0.3, -0.25) is 4.79 Å². The average molecular weight is 307 g/mol. The maximum absolute atomic E-state index is 11.9. The third-order valence-corrected chi connectivity index (χ3v) is 3.66. The summed E-state index contributed by atoms with van der Waals surface area (Å²) < 4.78 is 10.6. The van der Waals surface area contributed by atoms with Crippen molar-refractivity contribution >= 4 is 29.0 Å². The summed E-state index contributed by atoms with van der Waals surface area (Å²) >= 11 is 1.24. The van der Waals surface area contributed by atoms with Crippen LogP contribution in [-0.4, -0.2) is 23.8 Å². The van der Waals surface area contributed by atoms with Crippen molar-refractivity contribution in [2.75, 3.05) is 23.9 Å². The third-order valence-electron chi connectivity index (χ3n) is 2.84. The van der Waals surface area contributed by atoms with E-state index in [1.54, 1.807) is 18.2 Å². The van der Waals surface area contributed by atoms with E-state index in [2.05, 4.69) is 10.3 Å². The zero-order chi connectivity index (χ0) is 15.4. The number of nitrogen functional groups attached to an aromatic ring is 1. The monoisotopic (exact) mass is 307 g/mol. The molecule has 7 heteroatoms. The first-order valence-corrected chi connectivity index (χ1v) is 7.28. The average Bonchev–Trinajstić information content (AvgIpc) is 2.77. The molecule has 0 bridgehead atoms. The van der Waals surface area contributed by atoms with Gasteiger partial charge in [0.1, 0.15) is 11.5 Å². The standard InChI is InChI=1S/C14H17N3O3S/c1-8-9(2)20-14(16-8)21-7-13(18)17-11-5-4-10(15)6-12(11)19-3/h4-6H,7,15H2,1-3H3,(H,17,18). The van der Waals surface area contributed by atoms with Crippen molar-refractivity contribution in [3.63, 3.8) is 0 Å². The number of hydrogen-bond donors (Lipinski definition) is 2. The quantitative estimate of drug-likeness (QED) is 0.652. The number of benzene rings is 1. The van der Waals surface area contributed by atoms with Crippen LogP contribution in [0.5, 0.6) is 5.75 Å². The lowest BCUT2D eigenvalue weighted by Gasteiger charge is -2.10. The molecule has 6 nitrogen and oxygen atoms in total. The molecule has 0 aliphatic carbocycles. The van der Waals surface area contributed by atoms with Crippen molar-refractivity contribution in [1.82, 2.24) is 4.98 Å². The zero-order valence-electron chi connectivity index (χ0n) is 12.1. The molecule has 21 heavy (non-hydrogen) atoms. The van der Waals surface area contributed by atoms with Gasteiger partial charge in [0.05, 0.1) is 24.2 Å². The van der Waals surface area contributed by atoms with Crippen LogP contribution in [0.1, 0.15) is 11.5 Å². The summed E-state index contributed by atoms with van der Waals surface area (Å²) in [6, 6.07) is 5.06. The Bertz CT molecular complexity index is 635. The maximum atomic E-state index is 11.9. The second-order valence-electron chi connectivity index (χ2n) is 4.42. The summed E-state index contributed by atoms with van der Waals surface area (Å²) in [6.07, 6.45) is 0. The van der Waals surface area contributed by atoms with Crippen molar-refractivity contribution in [1.29, 1.82) is 0 Å². The number of methoxy groups -OCH3 is 1. The lowest BCUT2D eigenvalue weighted by atomic mass is 10.2. The summed E-state index contributed by atoms with van der Waals surface area (Å²) in [4.78, 5) is 16.2. The van der Waals surface area contributed by atoms with Crippen molar-refractivity contribution in [3.05, 3.63) is 29.7 Å². The first kappa shape index (κ1) is 15.2. The molecule has 0 aliphatic rings. The highest BCUT2D eigenvalue weighted by atomic mass is 32.2. The number of anilines is 2. The Balaban J connectivity index is 1.95. The normalized spacial score (nSPS) is 10.4. The lowest BCUT2D eigenvalue weighted by Crippen LogP contribution is -2.14. The van der Waals surface area contributed by atoms with Gasteiger partial charge in [0.15, 0.2) is 0 Å². The first-order valence-electron chi connectivity index (χ1n) is 6.30. The summed E-state index contributed by atoms with van der Waals surface area (Å²) in [5.74, 6) is 1.32. The van der Waals surface area contributed by atoms with Crippen LogP contribution >= 0.6 is 11.8 Å². The molecule has 0 fully saturated rings. The van der Waals surface area contributed by atoms with Crippen LogP contribution < -0.4 is 15.8 Å². The highest BCUT2D eigenvalue weighted by Crippen LogP contribution is 2.27. The minimum atomic E-state index is -0.170. The van der Waals surface area contributed by atoms with Gasteiger partial charge in [-0.2, -0.15) is 0 Å². The van der Waals surface area contributed by atoms with Crippen molar-refractivity contribution in [2.24, 2.45) is 0 Å². The number of ether oxygens (including phenoxy) is 1. The van der Waals surface area contributed by atoms with E-state index in [4.69, 9.17) is 14.9 Å². The van der Waals surface area contributed by atoms with Gasteiger partial charge in [-0.05, 0) is 26.0 Å². The minimum Gasteiger partial charge on any atom is -0.494 e. The number of aryl methyl sites for hydroxylation is 2. The number of rotatable bonds is 5. The van der Waals surface area contributed by atoms with Crippen LogP contribution in [-0.2, 0) is 4.79 Å². The summed E-state index contributed by atoms with van der Waals surface area (Å²) in [5, 5.41) is 3.26. The van der Waals surface area contributed by atoms with Gasteiger partial charge in [0, 0.05) is 11.8 Å². The van der Waals surface area contributed by atoms with E-state index in [-0.39, 0.29) is 11.7 Å². The van der Waals surface area contributed by atoms with Gasteiger partial charge in [-0.25, -0.2) is 4.98 Å². The number of thioether (sulfide) groups is 1. The number of nitrogens with one attached hydrogen (secondary N) is 1. The molecule has 0 aliphatic heterocycles. The topological polar surface area (TPSA) is 90.4 Å². The maximum Gasteiger partial charge on any atom is 0.256 e. The highest BCUT2D eigenvalue weighted by molar-refractivity contribution is 7.99. The molecule has 0 saturated heterocycles. The van der Waals surface area contributed by atoms with Crippen LogP contribution in [0.3, 0.4) is 0 Å². The molecule has 2 aromatic rings. The van der Waals surface area contributed by atoms with E-state index < -0.39 is 0 Å². The predicted molar refractivity (Wildman–Crippen MR) is 82.7 cm³/mol. The predicted octanol–water partition coefficient (Wildman–Crippen LogP) is 2.61. The Morgan fingerprint density at radius 2 is 2.24 bits per heavy atom. The second kappa shape index (κ2) is 6.53. The molecule has 3 N–H and O–H groups in total. The molecule has 0 saturated carbocycles. The van der Waals surface area contributed by atoms with Crippen LogP contribution in [0.25, 0.3) is 0 Å². The van der Waals surface area contributed by atoms with Gasteiger partial charge in [-0.15, -0.1) is 0 Å². The van der Waals surface area contributed by atoms with Crippen LogP contribution in [0.4, 0.5) is 11.4 Å². The first-order chi connectivity index (χ1) is 9.99. The molecular weight excluding hydrogens is 290 g/mol. The molecule has 0 unspecified atom stereocenters. The molecule has 2 rings (SSSR count). The molecule has 1 heterocycles. The Kier molecular flexibility index (Phi) is 4.74. The Morgan fingerprint density at radius 3 is 2.86 bits per heavy atom. The molecule has 1 aromatic carbocycles. The van der Waals surface area contributed by atoms with Crippen LogP contribution in [0, 0.1) is 13.8 Å². The third kappa shape index (κ3) is 3.91. The number of nitrogens with two attached hydrogens (primary N) is 1. The highest BCUT2D eigenvalue weighted by Gasteiger charge is 2.11. The van der Waals surface area contributed by atoms with Gasteiger partial charge < -0.3 is 20.2 Å². The van der Waals surface area contributed by atoms with Gasteiger partial charge in [0.2, 0.25) is 5.91 Å². The molecular formula is C14H17N3O3S. The van der Waals surface area contributed by atoms with E-state index in [0.29, 0.717) is 22.3 Å². The van der Waals surface area contributed by atoms with Crippen molar-refractivity contribution in [3.8, 4) is 5.75 Å². The van der Waals surface area contributed by atoms with Crippen molar-refractivity contribution in [2.45, 2.75) is 19.1 Å². The molecule has 112 valence electrons. The van der Waals surface area contributed by atoms with Gasteiger partial charge in [-0.1, -0.05) is 11.8 Å². The molecule has 0 atom stereocenters. The fourth-order valence-electron chi connectivity index (χ4n) is 1.63. The smallest absolute Gasteiger partial charge is 0.256 e. The van der Waals surface area contributed by atoms with Crippen LogP contribution in [0.15, 0.2) is 27.8 Å². The van der Waals surface area contributed by atoms with Gasteiger partial charge in [0.25, 0.3) is 5.22 Å². The molecule has 1 aromatic heterocycles. The van der Waals surface area contributed by atoms with Crippen LogP contribution in [0.2, 0.25) is 0 Å². The van der Waals surface area contributed by atoms with E-state index >= 15 is 0 Å². The number of amides is 1. The zero-order valence-corrected chi connectivity index (χ0v) is 12.9. The number of oxazole rings is 1. The number of carbonyl (C=O) groups excluding carboxylic acids is 1. The fourth-order valence-corrected chi connectivity index (χ4v) is 2.34. The molecule has 0 spiro atoms. The lowest BCUT2D eigenvalue weighted by molar-refractivity contribution is -0.113. The van der Waals surface area contributed by atoms with E-state index in [9.17, 15) is 4.79 Å². The minimum absolute atomic E-state index is 0.170. The van der Waals surface area contributed by atoms with Crippen molar-refractivity contribution < 1.29 is 13.9 Å². The Hall–Kier alpha value is -2.15. The molecule has 1 amide bonds. The number of hydrogen-bond acceptors (Lipinski definition) is 6. The van der Waals surface area contributed by atoms with Gasteiger partial charge >= 0.3 is 0 Å². The largest absolute Gasteiger partial charge is 0.494 e. The van der Waals surface area contributed by atoms with E-state index in [1.165, 1.54) is 18.9 Å². The number of nitrogens with zero attached hydrogens (tertiary/aromatic N) is 1. The molecule has 0 radical (unpaired) electrons. The summed E-state index contributed by atoms with van der Waals surface area (Å²) in [6.45, 7) is 3.70. The second-order valence-corrected chi connectivity index (χ2v) is 5.34. The number of carbonyl (C=O) groups is 1.